The van der Waals surface area contributed by atoms with E-state index in [1.165, 1.54) is 25.0 Å². The topological polar surface area (TPSA) is 50.4 Å². The van der Waals surface area contributed by atoms with Gasteiger partial charge in [-0.3, -0.25) is 0 Å². The summed E-state index contributed by atoms with van der Waals surface area (Å²) in [5.41, 5.74) is 0.431. The van der Waals surface area contributed by atoms with Crippen molar-refractivity contribution in [2.24, 2.45) is 11.3 Å². The van der Waals surface area contributed by atoms with Crippen LogP contribution in [0.3, 0.4) is 0 Å². The fourth-order valence-electron chi connectivity index (χ4n) is 4.01. The largest absolute Gasteiger partial charge is 0.374 e. The molecule has 2 aliphatic heterocycles. The third-order valence-electron chi connectivity index (χ3n) is 5.32. The maximum Gasteiger partial charge on any atom is 0.315 e. The minimum Gasteiger partial charge on any atom is -0.374 e. The molecular formula is C17H30N2O2S. The van der Waals surface area contributed by atoms with Crippen LogP contribution in [0, 0.1) is 11.3 Å². The fourth-order valence-corrected chi connectivity index (χ4v) is 5.39. The van der Waals surface area contributed by atoms with Crippen LogP contribution in [-0.2, 0) is 4.74 Å². The van der Waals surface area contributed by atoms with E-state index >= 15 is 0 Å². The molecule has 3 fully saturated rings. The number of urea groups is 1. The Labute approximate surface area is 138 Å². The van der Waals surface area contributed by atoms with E-state index in [0.717, 1.165) is 38.2 Å². The maximum absolute atomic E-state index is 12.2. The molecule has 2 saturated heterocycles. The zero-order valence-electron chi connectivity index (χ0n) is 14.0. The fraction of sp³-hybridized carbons (Fsp3) is 0.941. The molecule has 3 aliphatic rings. The molecule has 22 heavy (non-hydrogen) atoms. The molecule has 0 unspecified atom stereocenters. The van der Waals surface area contributed by atoms with Gasteiger partial charge in [0, 0.05) is 24.9 Å². The molecule has 1 saturated carbocycles. The van der Waals surface area contributed by atoms with Gasteiger partial charge >= 0.3 is 6.03 Å². The third kappa shape index (κ3) is 4.10. The molecule has 4 nitrogen and oxygen atoms in total. The Morgan fingerprint density at radius 3 is 2.82 bits per heavy atom. The number of carbonyl (C=O) groups excluding carboxylic acids is 1. The van der Waals surface area contributed by atoms with Gasteiger partial charge in [0.05, 0.1) is 5.60 Å². The Morgan fingerprint density at radius 1 is 1.36 bits per heavy atom. The quantitative estimate of drug-likeness (QED) is 0.816. The highest BCUT2D eigenvalue weighted by Gasteiger charge is 2.43. The van der Waals surface area contributed by atoms with Gasteiger partial charge < -0.3 is 15.4 Å². The van der Waals surface area contributed by atoms with Gasteiger partial charge in [-0.2, -0.15) is 11.8 Å². The molecule has 0 aromatic heterocycles. The highest BCUT2D eigenvalue weighted by molar-refractivity contribution is 7.99. The first-order valence-corrected chi connectivity index (χ1v) is 9.93. The second-order valence-electron chi connectivity index (χ2n) is 7.95. The van der Waals surface area contributed by atoms with Gasteiger partial charge in [-0.25, -0.2) is 4.79 Å². The number of hydrogen-bond donors (Lipinski definition) is 2. The minimum absolute atomic E-state index is 0.0164. The molecule has 2 amide bonds. The smallest absolute Gasteiger partial charge is 0.315 e. The molecule has 1 spiro atoms. The van der Waals surface area contributed by atoms with Crippen LogP contribution in [0.1, 0.15) is 52.4 Å². The first kappa shape index (κ1) is 16.4. The van der Waals surface area contributed by atoms with Gasteiger partial charge in [-0.05, 0) is 55.6 Å². The van der Waals surface area contributed by atoms with Crippen molar-refractivity contribution in [1.82, 2.24) is 10.6 Å². The lowest BCUT2D eigenvalue weighted by Crippen LogP contribution is -2.51. The number of ether oxygens (including phenoxy) is 1. The summed E-state index contributed by atoms with van der Waals surface area (Å²) in [5, 5.41) is 6.31. The third-order valence-corrected chi connectivity index (χ3v) is 6.54. The molecule has 1 aliphatic carbocycles. The Bertz CT molecular complexity index is 403. The van der Waals surface area contributed by atoms with E-state index in [0.29, 0.717) is 11.3 Å². The van der Waals surface area contributed by atoms with Crippen molar-refractivity contribution < 1.29 is 9.53 Å². The maximum atomic E-state index is 12.2. The Hall–Kier alpha value is -0.420. The van der Waals surface area contributed by atoms with Crippen molar-refractivity contribution >= 4 is 17.8 Å². The summed E-state index contributed by atoms with van der Waals surface area (Å²) < 4.78 is 6.01. The van der Waals surface area contributed by atoms with Gasteiger partial charge in [-0.15, -0.1) is 0 Å². The molecule has 0 bridgehead atoms. The lowest BCUT2D eigenvalue weighted by molar-refractivity contribution is -0.0684. The van der Waals surface area contributed by atoms with Crippen LogP contribution in [0.5, 0.6) is 0 Å². The minimum atomic E-state index is 0.0164. The molecule has 2 N–H and O–H groups in total. The summed E-state index contributed by atoms with van der Waals surface area (Å²) in [5.74, 6) is 2.99. The molecular weight excluding hydrogens is 296 g/mol. The van der Waals surface area contributed by atoms with Crippen LogP contribution in [-0.4, -0.2) is 42.3 Å². The molecule has 0 radical (unpaired) electrons. The normalized spacial score (nSPS) is 33.1. The zero-order valence-corrected chi connectivity index (χ0v) is 14.8. The van der Waals surface area contributed by atoms with Crippen LogP contribution in [0.25, 0.3) is 0 Å². The van der Waals surface area contributed by atoms with Crippen LogP contribution in [0.2, 0.25) is 0 Å². The predicted octanol–water partition coefficient (Wildman–Crippen LogP) is 3.17. The number of amides is 2. The van der Waals surface area contributed by atoms with Crippen molar-refractivity contribution in [3.05, 3.63) is 0 Å². The van der Waals surface area contributed by atoms with Gasteiger partial charge in [0.1, 0.15) is 0 Å². The lowest BCUT2D eigenvalue weighted by atomic mass is 9.90. The SMILES string of the molecule is CC(C)CC1(CNC(=O)N[C@H]2CCO[C@]3(CCSC3)C2)CC1. The molecule has 2 heterocycles. The second kappa shape index (κ2) is 6.60. The monoisotopic (exact) mass is 326 g/mol. The molecule has 2 atom stereocenters. The predicted molar refractivity (Wildman–Crippen MR) is 91.3 cm³/mol. The standard InChI is InChI=1S/C17H30N2O2S/c1-13(2)9-16(4-5-16)11-18-15(20)19-14-3-7-21-17(10-14)6-8-22-12-17/h13-14H,3-12H2,1-2H3,(H2,18,19,20)/t14-,17+/m0/s1. The molecule has 3 rings (SSSR count). The van der Waals surface area contributed by atoms with Gasteiger partial charge in [0.15, 0.2) is 0 Å². The molecule has 0 aromatic carbocycles. The summed E-state index contributed by atoms with van der Waals surface area (Å²) in [6, 6.07) is 0.287. The summed E-state index contributed by atoms with van der Waals surface area (Å²) in [4.78, 5) is 12.2. The Balaban J connectivity index is 1.42. The average Bonchev–Trinajstić information content (AvgIpc) is 3.08. The molecule has 126 valence electrons. The van der Waals surface area contributed by atoms with E-state index in [9.17, 15) is 4.79 Å². The highest BCUT2D eigenvalue weighted by Crippen LogP contribution is 2.50. The van der Waals surface area contributed by atoms with Crippen molar-refractivity contribution in [2.75, 3.05) is 24.7 Å². The number of rotatable bonds is 5. The summed E-state index contributed by atoms with van der Waals surface area (Å²) in [6.07, 6.45) is 6.81. The van der Waals surface area contributed by atoms with E-state index in [1.54, 1.807) is 0 Å². The first-order valence-electron chi connectivity index (χ1n) is 8.77. The van der Waals surface area contributed by atoms with Crippen LogP contribution >= 0.6 is 11.8 Å². The number of thioether (sulfide) groups is 1. The van der Waals surface area contributed by atoms with E-state index in [2.05, 4.69) is 24.5 Å². The molecule has 0 aromatic rings. The lowest BCUT2D eigenvalue weighted by Gasteiger charge is -2.38. The second-order valence-corrected chi connectivity index (χ2v) is 9.05. The Kier molecular flexibility index (Phi) is 4.93. The van der Waals surface area contributed by atoms with Crippen molar-refractivity contribution in [3.63, 3.8) is 0 Å². The van der Waals surface area contributed by atoms with E-state index in [4.69, 9.17) is 4.74 Å². The summed E-state index contributed by atoms with van der Waals surface area (Å²) in [6.45, 7) is 6.15. The zero-order chi connectivity index (χ0) is 15.6. The number of nitrogens with one attached hydrogen (secondary N) is 2. The first-order chi connectivity index (χ1) is 10.5. The van der Waals surface area contributed by atoms with E-state index in [-0.39, 0.29) is 17.7 Å². The number of carbonyl (C=O) groups is 1. The van der Waals surface area contributed by atoms with Gasteiger partial charge in [0.25, 0.3) is 0 Å². The van der Waals surface area contributed by atoms with Crippen molar-refractivity contribution in [2.45, 2.75) is 64.0 Å². The Morgan fingerprint density at radius 2 is 2.18 bits per heavy atom. The number of hydrogen-bond acceptors (Lipinski definition) is 3. The van der Waals surface area contributed by atoms with Crippen LogP contribution in [0.4, 0.5) is 4.79 Å². The van der Waals surface area contributed by atoms with E-state index in [1.807, 2.05) is 11.8 Å². The van der Waals surface area contributed by atoms with Crippen molar-refractivity contribution in [1.29, 1.82) is 0 Å². The van der Waals surface area contributed by atoms with Crippen molar-refractivity contribution in [3.8, 4) is 0 Å². The average molecular weight is 327 g/mol. The van der Waals surface area contributed by atoms with E-state index < -0.39 is 0 Å². The summed E-state index contributed by atoms with van der Waals surface area (Å²) >= 11 is 1.97. The van der Waals surface area contributed by atoms with Crippen LogP contribution < -0.4 is 10.6 Å². The summed E-state index contributed by atoms with van der Waals surface area (Å²) in [7, 11) is 0. The van der Waals surface area contributed by atoms with Gasteiger partial charge in [-0.1, -0.05) is 13.8 Å². The highest BCUT2D eigenvalue weighted by atomic mass is 32.2. The van der Waals surface area contributed by atoms with Gasteiger partial charge in [0.2, 0.25) is 0 Å². The molecule has 5 heteroatoms. The van der Waals surface area contributed by atoms with Crippen LogP contribution in [0.15, 0.2) is 0 Å².